The van der Waals surface area contributed by atoms with Crippen LogP contribution in [-0.4, -0.2) is 57.6 Å². The van der Waals surface area contributed by atoms with E-state index in [1.807, 2.05) is 45.0 Å². The van der Waals surface area contributed by atoms with Crippen LogP contribution in [0.5, 0.6) is 5.75 Å². The maximum absolute atomic E-state index is 13.7. The number of hydrogen-bond acceptors (Lipinski definition) is 5. The molecule has 0 aliphatic rings. The number of amides is 2. The summed E-state index contributed by atoms with van der Waals surface area (Å²) in [6.45, 7) is 7.68. The highest BCUT2D eigenvalue weighted by Gasteiger charge is 2.32. The van der Waals surface area contributed by atoms with Gasteiger partial charge in [-0.05, 0) is 61.6 Å². The van der Waals surface area contributed by atoms with E-state index in [9.17, 15) is 18.0 Å². The monoisotopic (exact) mass is 503 g/mol. The molecule has 1 atom stereocenters. The molecule has 2 rings (SSSR count). The molecule has 0 bridgehead atoms. The average molecular weight is 504 g/mol. The number of rotatable bonds is 12. The fourth-order valence-corrected chi connectivity index (χ4v) is 4.73. The molecule has 0 aromatic heterocycles. The lowest BCUT2D eigenvalue weighted by Gasteiger charge is -2.33. The molecule has 0 saturated heterocycles. The van der Waals surface area contributed by atoms with E-state index in [4.69, 9.17) is 4.74 Å². The van der Waals surface area contributed by atoms with Gasteiger partial charge >= 0.3 is 0 Å². The average Bonchev–Trinajstić information content (AvgIpc) is 2.81. The van der Waals surface area contributed by atoms with Crippen molar-refractivity contribution in [1.29, 1.82) is 0 Å². The van der Waals surface area contributed by atoms with Crippen LogP contribution in [-0.2, 0) is 26.2 Å². The third-order valence-electron chi connectivity index (χ3n) is 5.73. The van der Waals surface area contributed by atoms with E-state index >= 15 is 0 Å². The minimum atomic E-state index is -3.77. The SMILES string of the molecule is CCCNC(=O)C(CC)N(Cc1cccc(OC)c1)C(=O)CN(c1cc(C)ccc1C)S(C)(=O)=O. The van der Waals surface area contributed by atoms with Gasteiger partial charge in [0.25, 0.3) is 0 Å². The molecule has 1 unspecified atom stereocenters. The van der Waals surface area contributed by atoms with E-state index in [1.165, 1.54) is 4.90 Å². The Kier molecular flexibility index (Phi) is 10.1. The number of ether oxygens (including phenoxy) is 1. The second-order valence-corrected chi connectivity index (χ2v) is 10.6. The van der Waals surface area contributed by atoms with Crippen molar-refractivity contribution in [2.45, 2.75) is 53.1 Å². The molecule has 0 radical (unpaired) electrons. The van der Waals surface area contributed by atoms with Gasteiger partial charge in [-0.1, -0.05) is 38.1 Å². The third kappa shape index (κ3) is 7.71. The molecule has 1 N–H and O–H groups in total. The highest BCUT2D eigenvalue weighted by atomic mass is 32.2. The molecule has 0 aliphatic heterocycles. The molecule has 192 valence electrons. The van der Waals surface area contributed by atoms with Crippen LogP contribution in [0.3, 0.4) is 0 Å². The van der Waals surface area contributed by atoms with Crippen molar-refractivity contribution >= 4 is 27.5 Å². The number of methoxy groups -OCH3 is 1. The Balaban J connectivity index is 2.48. The molecule has 35 heavy (non-hydrogen) atoms. The molecule has 0 fully saturated rings. The smallest absolute Gasteiger partial charge is 0.244 e. The van der Waals surface area contributed by atoms with Gasteiger partial charge in [0, 0.05) is 13.1 Å². The van der Waals surface area contributed by atoms with Gasteiger partial charge in [0.2, 0.25) is 21.8 Å². The lowest BCUT2D eigenvalue weighted by Crippen LogP contribution is -2.52. The molecule has 0 aliphatic carbocycles. The standard InChI is InChI=1S/C26H37N3O5S/c1-7-14-27-26(31)23(8-2)28(17-21-10-9-11-22(16-21)34-5)25(30)18-29(35(6,32)33)24-15-19(3)12-13-20(24)4/h9-13,15-16,23H,7-8,14,17-18H2,1-6H3,(H,27,31). The molecule has 9 heteroatoms. The van der Waals surface area contributed by atoms with Crippen molar-refractivity contribution in [1.82, 2.24) is 10.2 Å². The number of sulfonamides is 1. The van der Waals surface area contributed by atoms with E-state index in [0.29, 0.717) is 24.4 Å². The minimum Gasteiger partial charge on any atom is -0.497 e. The highest BCUT2D eigenvalue weighted by molar-refractivity contribution is 7.92. The van der Waals surface area contributed by atoms with Crippen LogP contribution in [0.15, 0.2) is 42.5 Å². The summed E-state index contributed by atoms with van der Waals surface area (Å²) in [5.74, 6) is -0.0904. The Morgan fingerprint density at radius 1 is 1.09 bits per heavy atom. The van der Waals surface area contributed by atoms with Crippen molar-refractivity contribution in [3.63, 3.8) is 0 Å². The second kappa shape index (κ2) is 12.6. The fourth-order valence-electron chi connectivity index (χ4n) is 3.84. The van der Waals surface area contributed by atoms with Crippen LogP contribution in [0.25, 0.3) is 0 Å². The normalized spacial score (nSPS) is 12.1. The van der Waals surface area contributed by atoms with Crippen LogP contribution < -0.4 is 14.4 Å². The zero-order valence-corrected chi connectivity index (χ0v) is 22.3. The number of benzene rings is 2. The molecular formula is C26H37N3O5S. The van der Waals surface area contributed by atoms with Crippen molar-refractivity contribution in [3.05, 3.63) is 59.2 Å². The first kappa shape index (κ1) is 28.2. The highest BCUT2D eigenvalue weighted by Crippen LogP contribution is 2.25. The Morgan fingerprint density at radius 3 is 2.40 bits per heavy atom. The first-order chi connectivity index (χ1) is 16.5. The van der Waals surface area contributed by atoms with Gasteiger partial charge in [-0.25, -0.2) is 8.42 Å². The van der Waals surface area contributed by atoms with Crippen LogP contribution in [0, 0.1) is 13.8 Å². The predicted octanol–water partition coefficient (Wildman–Crippen LogP) is 3.41. The number of carbonyl (C=O) groups is 2. The van der Waals surface area contributed by atoms with Crippen LogP contribution >= 0.6 is 0 Å². The summed E-state index contributed by atoms with van der Waals surface area (Å²) in [5, 5.41) is 2.87. The molecule has 2 amide bonds. The van der Waals surface area contributed by atoms with E-state index in [2.05, 4.69) is 5.32 Å². The molecule has 2 aromatic carbocycles. The van der Waals surface area contributed by atoms with E-state index in [0.717, 1.165) is 33.7 Å². The van der Waals surface area contributed by atoms with Crippen LogP contribution in [0.2, 0.25) is 0 Å². The lowest BCUT2D eigenvalue weighted by molar-refractivity contribution is -0.140. The molecule has 2 aromatic rings. The van der Waals surface area contributed by atoms with Gasteiger partial charge in [-0.2, -0.15) is 0 Å². The third-order valence-corrected chi connectivity index (χ3v) is 6.86. The number of aryl methyl sites for hydroxylation is 2. The number of anilines is 1. The Bertz CT molecular complexity index is 1130. The first-order valence-electron chi connectivity index (χ1n) is 11.8. The van der Waals surface area contributed by atoms with Crippen LogP contribution in [0.1, 0.15) is 43.4 Å². The zero-order valence-electron chi connectivity index (χ0n) is 21.5. The van der Waals surface area contributed by atoms with Gasteiger partial charge in [-0.3, -0.25) is 13.9 Å². The number of carbonyl (C=O) groups excluding carboxylic acids is 2. The summed E-state index contributed by atoms with van der Waals surface area (Å²) in [6.07, 6.45) is 2.23. The maximum Gasteiger partial charge on any atom is 0.244 e. The van der Waals surface area contributed by atoms with Gasteiger partial charge in [0.05, 0.1) is 19.1 Å². The predicted molar refractivity (Wildman–Crippen MR) is 139 cm³/mol. The quantitative estimate of drug-likeness (QED) is 0.479. The van der Waals surface area contributed by atoms with Crippen molar-refractivity contribution < 1.29 is 22.7 Å². The minimum absolute atomic E-state index is 0.137. The van der Waals surface area contributed by atoms with E-state index < -0.39 is 28.5 Å². The van der Waals surface area contributed by atoms with Crippen molar-refractivity contribution in [3.8, 4) is 5.75 Å². The Hall–Kier alpha value is -3.07. The zero-order chi connectivity index (χ0) is 26.2. The molecule has 8 nitrogen and oxygen atoms in total. The molecule has 0 saturated carbocycles. The summed E-state index contributed by atoms with van der Waals surface area (Å²) in [7, 11) is -2.21. The van der Waals surface area contributed by atoms with Crippen LogP contribution in [0.4, 0.5) is 5.69 Å². The number of nitrogens with one attached hydrogen (secondary N) is 1. The van der Waals surface area contributed by atoms with Gasteiger partial charge in [-0.15, -0.1) is 0 Å². The topological polar surface area (TPSA) is 96.0 Å². The molecule has 0 spiro atoms. The summed E-state index contributed by atoms with van der Waals surface area (Å²) in [4.78, 5) is 28.2. The lowest BCUT2D eigenvalue weighted by atomic mass is 10.1. The summed E-state index contributed by atoms with van der Waals surface area (Å²) in [5.41, 5.74) is 2.84. The summed E-state index contributed by atoms with van der Waals surface area (Å²) in [6, 6.07) is 12.0. The molecular weight excluding hydrogens is 466 g/mol. The van der Waals surface area contributed by atoms with Crippen molar-refractivity contribution in [2.24, 2.45) is 0 Å². The number of nitrogens with zero attached hydrogens (tertiary/aromatic N) is 2. The van der Waals surface area contributed by atoms with Gasteiger partial charge in [0.15, 0.2) is 0 Å². The van der Waals surface area contributed by atoms with E-state index in [1.54, 1.807) is 32.2 Å². The maximum atomic E-state index is 13.7. The Morgan fingerprint density at radius 2 is 1.80 bits per heavy atom. The fraction of sp³-hybridized carbons (Fsp3) is 0.462. The number of hydrogen-bond donors (Lipinski definition) is 1. The van der Waals surface area contributed by atoms with Gasteiger partial charge < -0.3 is 15.0 Å². The second-order valence-electron chi connectivity index (χ2n) is 8.65. The summed E-state index contributed by atoms with van der Waals surface area (Å²) >= 11 is 0. The molecule has 0 heterocycles. The van der Waals surface area contributed by atoms with Crippen molar-refractivity contribution in [2.75, 3.05) is 30.8 Å². The first-order valence-corrected chi connectivity index (χ1v) is 13.6. The summed E-state index contributed by atoms with van der Waals surface area (Å²) < 4.78 is 32.0. The van der Waals surface area contributed by atoms with E-state index in [-0.39, 0.29) is 12.5 Å². The Labute approximate surface area is 209 Å². The largest absolute Gasteiger partial charge is 0.497 e. The van der Waals surface area contributed by atoms with Gasteiger partial charge in [0.1, 0.15) is 18.3 Å².